The Hall–Kier alpha value is -1.48. The van der Waals surface area contributed by atoms with Gasteiger partial charge in [-0.1, -0.05) is 12.1 Å². The van der Waals surface area contributed by atoms with E-state index in [0.29, 0.717) is 5.89 Å². The molecule has 0 bridgehead atoms. The van der Waals surface area contributed by atoms with Crippen molar-refractivity contribution in [3.05, 3.63) is 33.2 Å². The molecule has 0 saturated heterocycles. The lowest BCUT2D eigenvalue weighted by atomic mass is 10.1. The third-order valence-electron chi connectivity index (χ3n) is 2.34. The van der Waals surface area contributed by atoms with Crippen LogP contribution in [0.4, 0.5) is 0 Å². The maximum Gasteiger partial charge on any atom is 0.329 e. The molecule has 2 rings (SSSR count). The van der Waals surface area contributed by atoms with Gasteiger partial charge in [-0.05, 0) is 41.1 Å². The molecule has 0 radical (unpaired) electrons. The number of hydrogen-bond acceptors (Lipinski definition) is 5. The van der Waals surface area contributed by atoms with Crippen LogP contribution in [-0.2, 0) is 16.1 Å². The molecule has 100 valence electrons. The van der Waals surface area contributed by atoms with Gasteiger partial charge < -0.3 is 14.3 Å². The molecule has 1 aromatic heterocycles. The average molecular weight is 374 g/mol. The van der Waals surface area contributed by atoms with Crippen molar-refractivity contribution < 1.29 is 19.1 Å². The van der Waals surface area contributed by atoms with Crippen molar-refractivity contribution in [2.24, 2.45) is 0 Å². The Labute approximate surface area is 122 Å². The second kappa shape index (κ2) is 6.11. The van der Waals surface area contributed by atoms with Gasteiger partial charge in [0.25, 0.3) is 0 Å². The Bertz CT molecular complexity index is 597. The maximum atomic E-state index is 10.3. The van der Waals surface area contributed by atoms with Crippen molar-refractivity contribution in [1.82, 2.24) is 10.2 Å². The molecular formula is C12H11IN2O4. The Morgan fingerprint density at radius 3 is 3.00 bits per heavy atom. The molecule has 0 spiro atoms. The number of ether oxygens (including phenoxy) is 1. The highest BCUT2D eigenvalue weighted by Gasteiger charge is 2.13. The largest absolute Gasteiger partial charge is 0.480 e. The summed E-state index contributed by atoms with van der Waals surface area (Å²) in [6.07, 6.45) is 0. The van der Waals surface area contributed by atoms with Crippen LogP contribution in [0.3, 0.4) is 0 Å². The monoisotopic (exact) mass is 374 g/mol. The zero-order chi connectivity index (χ0) is 13.8. The number of carbonyl (C=O) groups is 1. The van der Waals surface area contributed by atoms with Gasteiger partial charge in [-0.25, -0.2) is 4.79 Å². The van der Waals surface area contributed by atoms with Gasteiger partial charge in [0.05, 0.1) is 5.56 Å². The molecule has 19 heavy (non-hydrogen) atoms. The number of aliphatic carboxylic acids is 1. The van der Waals surface area contributed by atoms with Crippen molar-refractivity contribution in [3.8, 4) is 11.5 Å². The number of aryl methyl sites for hydroxylation is 1. The first-order valence-electron chi connectivity index (χ1n) is 5.45. The predicted octanol–water partition coefficient (Wildman–Crippen LogP) is 2.25. The molecule has 7 heteroatoms. The lowest BCUT2D eigenvalue weighted by Crippen LogP contribution is -2.06. The molecule has 0 atom stereocenters. The van der Waals surface area contributed by atoms with Gasteiger partial charge in [0.15, 0.2) is 0 Å². The topological polar surface area (TPSA) is 85.5 Å². The molecule has 0 amide bonds. The van der Waals surface area contributed by atoms with Crippen molar-refractivity contribution in [3.63, 3.8) is 0 Å². The van der Waals surface area contributed by atoms with E-state index in [1.165, 1.54) is 0 Å². The van der Waals surface area contributed by atoms with Crippen LogP contribution in [0.15, 0.2) is 22.6 Å². The van der Waals surface area contributed by atoms with Crippen LogP contribution >= 0.6 is 22.6 Å². The van der Waals surface area contributed by atoms with Crippen LogP contribution in [0, 0.1) is 10.5 Å². The fourth-order valence-electron chi connectivity index (χ4n) is 1.46. The summed E-state index contributed by atoms with van der Waals surface area (Å²) in [5, 5.41) is 16.2. The molecule has 0 fully saturated rings. The van der Waals surface area contributed by atoms with Gasteiger partial charge in [-0.3, -0.25) is 0 Å². The van der Waals surface area contributed by atoms with Crippen LogP contribution in [0.25, 0.3) is 11.5 Å². The van der Waals surface area contributed by atoms with Crippen LogP contribution < -0.4 is 0 Å². The van der Waals surface area contributed by atoms with E-state index in [0.717, 1.165) is 14.7 Å². The SMILES string of the molecule is Cc1cccc(-c2nnc(COCC(=O)O)o2)c1I. The first kappa shape index (κ1) is 13.9. The van der Waals surface area contributed by atoms with Crippen molar-refractivity contribution in [2.75, 3.05) is 6.61 Å². The maximum absolute atomic E-state index is 10.3. The van der Waals surface area contributed by atoms with Gasteiger partial charge in [0, 0.05) is 3.57 Å². The number of nitrogens with zero attached hydrogens (tertiary/aromatic N) is 2. The van der Waals surface area contributed by atoms with Crippen LogP contribution in [-0.4, -0.2) is 27.9 Å². The van der Waals surface area contributed by atoms with Crippen molar-refractivity contribution >= 4 is 28.6 Å². The molecular weight excluding hydrogens is 363 g/mol. The normalized spacial score (nSPS) is 10.6. The fourth-order valence-corrected chi connectivity index (χ4v) is 2.05. The minimum atomic E-state index is -1.03. The van der Waals surface area contributed by atoms with Crippen LogP contribution in [0.1, 0.15) is 11.5 Å². The highest BCUT2D eigenvalue weighted by molar-refractivity contribution is 14.1. The van der Waals surface area contributed by atoms with E-state index in [-0.39, 0.29) is 19.1 Å². The summed E-state index contributed by atoms with van der Waals surface area (Å²) in [4.78, 5) is 10.3. The first-order chi connectivity index (χ1) is 9.08. The highest BCUT2D eigenvalue weighted by atomic mass is 127. The van der Waals surface area contributed by atoms with E-state index in [1.807, 2.05) is 25.1 Å². The summed E-state index contributed by atoms with van der Waals surface area (Å²) in [5.41, 5.74) is 1.98. The Kier molecular flexibility index (Phi) is 4.48. The van der Waals surface area contributed by atoms with Crippen molar-refractivity contribution in [1.29, 1.82) is 0 Å². The van der Waals surface area contributed by atoms with Gasteiger partial charge in [-0.2, -0.15) is 0 Å². The van der Waals surface area contributed by atoms with Crippen LogP contribution in [0.5, 0.6) is 0 Å². The molecule has 1 aromatic carbocycles. The van der Waals surface area contributed by atoms with Gasteiger partial charge in [0.1, 0.15) is 13.2 Å². The fraction of sp³-hybridized carbons (Fsp3) is 0.250. The molecule has 0 saturated carbocycles. The zero-order valence-electron chi connectivity index (χ0n) is 10.1. The van der Waals surface area contributed by atoms with E-state index in [2.05, 4.69) is 32.8 Å². The summed E-state index contributed by atoms with van der Waals surface area (Å²) in [6.45, 7) is 1.60. The summed E-state index contributed by atoms with van der Waals surface area (Å²) in [6, 6.07) is 5.81. The molecule has 6 nitrogen and oxygen atoms in total. The van der Waals surface area contributed by atoms with E-state index >= 15 is 0 Å². The number of rotatable bonds is 5. The molecule has 0 aliphatic rings. The summed E-state index contributed by atoms with van der Waals surface area (Å²) in [5.74, 6) is -0.372. The third kappa shape index (κ3) is 3.51. The standard InChI is InChI=1S/C12H11IN2O4/c1-7-3-2-4-8(11(7)13)12-15-14-9(19-12)5-18-6-10(16)17/h2-4H,5-6H2,1H3,(H,16,17). The summed E-state index contributed by atoms with van der Waals surface area (Å²) < 4.78 is 11.4. The van der Waals surface area contributed by atoms with Crippen molar-refractivity contribution in [2.45, 2.75) is 13.5 Å². The van der Waals surface area contributed by atoms with E-state index in [9.17, 15) is 4.79 Å². The second-order valence-electron chi connectivity index (χ2n) is 3.82. The van der Waals surface area contributed by atoms with Gasteiger partial charge >= 0.3 is 5.97 Å². The number of aromatic nitrogens is 2. The zero-order valence-corrected chi connectivity index (χ0v) is 12.2. The minimum Gasteiger partial charge on any atom is -0.480 e. The van der Waals surface area contributed by atoms with Crippen LogP contribution in [0.2, 0.25) is 0 Å². The molecule has 1 heterocycles. The first-order valence-corrected chi connectivity index (χ1v) is 6.53. The summed E-state index contributed by atoms with van der Waals surface area (Å²) >= 11 is 2.22. The highest BCUT2D eigenvalue weighted by Crippen LogP contribution is 2.26. The number of carboxylic acids is 1. The quantitative estimate of drug-likeness (QED) is 0.809. The smallest absolute Gasteiger partial charge is 0.329 e. The van der Waals surface area contributed by atoms with E-state index in [1.54, 1.807) is 0 Å². The lowest BCUT2D eigenvalue weighted by Gasteiger charge is -2.02. The summed E-state index contributed by atoms with van der Waals surface area (Å²) in [7, 11) is 0. The predicted molar refractivity (Wildman–Crippen MR) is 74.5 cm³/mol. The molecule has 0 aliphatic carbocycles. The lowest BCUT2D eigenvalue weighted by molar-refractivity contribution is -0.142. The Morgan fingerprint density at radius 1 is 1.47 bits per heavy atom. The molecule has 2 aromatic rings. The Morgan fingerprint density at radius 2 is 2.26 bits per heavy atom. The molecule has 0 aliphatic heterocycles. The Balaban J connectivity index is 2.12. The average Bonchev–Trinajstić information content (AvgIpc) is 2.81. The van der Waals surface area contributed by atoms with Gasteiger partial charge in [0.2, 0.25) is 11.8 Å². The number of hydrogen-bond donors (Lipinski definition) is 1. The number of carboxylic acid groups (broad SMARTS) is 1. The molecule has 1 N–H and O–H groups in total. The number of halogens is 1. The second-order valence-corrected chi connectivity index (χ2v) is 4.90. The van der Waals surface area contributed by atoms with E-state index in [4.69, 9.17) is 14.3 Å². The third-order valence-corrected chi connectivity index (χ3v) is 3.77. The van der Waals surface area contributed by atoms with E-state index < -0.39 is 5.97 Å². The number of benzene rings is 1. The minimum absolute atomic E-state index is 0.0122. The molecule has 0 unspecified atom stereocenters. The van der Waals surface area contributed by atoms with Gasteiger partial charge in [-0.15, -0.1) is 10.2 Å².